The van der Waals surface area contributed by atoms with Crippen LogP contribution in [0, 0.1) is 0 Å². The van der Waals surface area contributed by atoms with E-state index in [-0.39, 0.29) is 11.0 Å². The first kappa shape index (κ1) is 19.0. The van der Waals surface area contributed by atoms with Crippen molar-refractivity contribution >= 4 is 22.6 Å². The van der Waals surface area contributed by atoms with Crippen LogP contribution in [0.1, 0.15) is 29.7 Å². The lowest BCUT2D eigenvalue weighted by Crippen LogP contribution is -2.19. The van der Waals surface area contributed by atoms with Gasteiger partial charge in [0.25, 0.3) is 0 Å². The Morgan fingerprint density at radius 2 is 1.90 bits per heavy atom. The van der Waals surface area contributed by atoms with Gasteiger partial charge in [0, 0.05) is 40.7 Å². The van der Waals surface area contributed by atoms with Crippen molar-refractivity contribution in [3.8, 4) is 11.5 Å². The molecule has 154 valence electrons. The van der Waals surface area contributed by atoms with E-state index in [9.17, 15) is 9.90 Å². The minimum Gasteiger partial charge on any atom is -0.506 e. The molecule has 0 bridgehead atoms. The number of phenolic OH excluding ortho intramolecular Hbond substituents is 1. The highest BCUT2D eigenvalue weighted by Gasteiger charge is 2.31. The Morgan fingerprint density at radius 3 is 2.68 bits per heavy atom. The fraction of sp³-hybridized carbons (Fsp3) is 0.154. The van der Waals surface area contributed by atoms with Crippen LogP contribution in [0.25, 0.3) is 16.7 Å². The Hall–Kier alpha value is -3.95. The number of benzene rings is 3. The van der Waals surface area contributed by atoms with Crippen LogP contribution in [0.4, 0.5) is 0 Å². The van der Waals surface area contributed by atoms with Gasteiger partial charge in [-0.15, -0.1) is 0 Å². The zero-order chi connectivity index (χ0) is 21.4. The molecule has 1 atom stereocenters. The molecule has 2 N–H and O–H groups in total. The predicted molar refractivity (Wildman–Crippen MR) is 118 cm³/mol. The number of rotatable bonds is 5. The maximum atomic E-state index is 11.6. The molecule has 1 aliphatic heterocycles. The zero-order valence-electron chi connectivity index (χ0n) is 17.0. The molecule has 0 amide bonds. The van der Waals surface area contributed by atoms with Crippen LogP contribution in [0.5, 0.6) is 11.5 Å². The number of nitrogens with one attached hydrogen (secondary N) is 1. The van der Waals surface area contributed by atoms with Crippen LogP contribution in [0.2, 0.25) is 0 Å². The largest absolute Gasteiger partial charge is 0.506 e. The SMILES string of the molecule is CCOC1=c2c(cc(=C=O)c(O)c2Cc2c[nH]c3ccccc23)OC1c1ccccc1. The van der Waals surface area contributed by atoms with E-state index in [1.807, 2.05) is 73.7 Å². The van der Waals surface area contributed by atoms with Gasteiger partial charge in [0.2, 0.25) is 0 Å². The number of aromatic nitrogens is 1. The van der Waals surface area contributed by atoms with Gasteiger partial charge < -0.3 is 19.6 Å². The third-order valence-corrected chi connectivity index (χ3v) is 5.65. The van der Waals surface area contributed by atoms with E-state index in [0.717, 1.165) is 22.0 Å². The molecule has 1 aliphatic rings. The summed E-state index contributed by atoms with van der Waals surface area (Å²) in [5.74, 6) is 2.92. The maximum Gasteiger partial charge on any atom is 0.181 e. The van der Waals surface area contributed by atoms with Crippen LogP contribution in [-0.2, 0) is 16.0 Å². The lowest BCUT2D eigenvalue weighted by Gasteiger charge is -2.16. The first-order valence-electron chi connectivity index (χ1n) is 10.2. The highest BCUT2D eigenvalue weighted by Crippen LogP contribution is 2.35. The van der Waals surface area contributed by atoms with Crippen molar-refractivity contribution in [3.05, 3.63) is 94.0 Å². The van der Waals surface area contributed by atoms with Crippen LogP contribution < -0.4 is 15.2 Å². The molecule has 1 aromatic heterocycles. The molecule has 5 nitrogen and oxygen atoms in total. The second kappa shape index (κ2) is 7.71. The number of ether oxygens (including phenoxy) is 2. The van der Waals surface area contributed by atoms with E-state index in [1.54, 1.807) is 6.07 Å². The van der Waals surface area contributed by atoms with E-state index < -0.39 is 6.10 Å². The molecule has 0 saturated carbocycles. The van der Waals surface area contributed by atoms with E-state index in [2.05, 4.69) is 4.98 Å². The second-order valence-corrected chi connectivity index (χ2v) is 7.47. The molecular formula is C26H21NO4. The molecule has 4 aromatic rings. The minimum absolute atomic E-state index is 0.0816. The van der Waals surface area contributed by atoms with E-state index in [0.29, 0.717) is 35.3 Å². The van der Waals surface area contributed by atoms with Crippen LogP contribution in [0.3, 0.4) is 0 Å². The summed E-state index contributed by atoms with van der Waals surface area (Å²) in [5.41, 5.74) is 3.56. The molecular weight excluding hydrogens is 390 g/mol. The average molecular weight is 411 g/mol. The molecule has 5 heteroatoms. The molecule has 5 rings (SSSR count). The number of aromatic amines is 1. The van der Waals surface area contributed by atoms with Gasteiger partial charge in [-0.2, -0.15) is 0 Å². The fourth-order valence-electron chi connectivity index (χ4n) is 4.24. The Bertz CT molecular complexity index is 1420. The summed E-state index contributed by atoms with van der Waals surface area (Å²) in [6.45, 7) is 2.37. The lowest BCUT2D eigenvalue weighted by molar-refractivity contribution is 0.198. The minimum atomic E-state index is -0.445. The second-order valence-electron chi connectivity index (χ2n) is 7.47. The normalized spacial score (nSPS) is 14.9. The number of fused-ring (bicyclic) bond motifs is 2. The lowest BCUT2D eigenvalue weighted by atomic mass is 9.98. The quantitative estimate of drug-likeness (QED) is 0.529. The molecule has 0 fully saturated rings. The smallest absolute Gasteiger partial charge is 0.181 e. The Kier molecular flexibility index (Phi) is 4.73. The fourth-order valence-corrected chi connectivity index (χ4v) is 4.24. The van der Waals surface area contributed by atoms with Gasteiger partial charge in [0.1, 0.15) is 22.7 Å². The number of para-hydroxylation sites is 1. The third kappa shape index (κ3) is 3.16. The van der Waals surface area contributed by atoms with Gasteiger partial charge in [0.05, 0.1) is 11.8 Å². The standard InChI is InChI=1S/C26H21NO4/c1-2-30-26-23-20(12-17-14-27-21-11-7-6-10-19(17)21)24(29)18(15-28)13-22(23)31-25(26)16-8-4-3-5-9-16/h3-11,13-14,25,27,29H,2,12H2,1H3. The number of H-pyrrole nitrogens is 1. The van der Waals surface area contributed by atoms with Gasteiger partial charge in [0.15, 0.2) is 11.9 Å². The topological polar surface area (TPSA) is 71.5 Å². The monoisotopic (exact) mass is 411 g/mol. The van der Waals surface area contributed by atoms with E-state index in [4.69, 9.17) is 9.47 Å². The summed E-state index contributed by atoms with van der Waals surface area (Å²) in [5, 5.41) is 12.8. The summed E-state index contributed by atoms with van der Waals surface area (Å²) in [6, 6.07) is 19.3. The van der Waals surface area contributed by atoms with Gasteiger partial charge in [-0.25, -0.2) is 4.79 Å². The maximum absolute atomic E-state index is 11.6. The van der Waals surface area contributed by atoms with Gasteiger partial charge >= 0.3 is 0 Å². The van der Waals surface area contributed by atoms with Crippen LogP contribution >= 0.6 is 0 Å². The summed E-state index contributed by atoms with van der Waals surface area (Å²) < 4.78 is 12.3. The van der Waals surface area contributed by atoms with Gasteiger partial charge in [-0.1, -0.05) is 48.5 Å². The van der Waals surface area contributed by atoms with Crippen molar-refractivity contribution in [1.82, 2.24) is 4.98 Å². The summed E-state index contributed by atoms with van der Waals surface area (Å²) in [7, 11) is 0. The molecule has 3 aromatic carbocycles. The Labute approximate surface area is 178 Å². The zero-order valence-corrected chi connectivity index (χ0v) is 17.0. The van der Waals surface area contributed by atoms with Crippen molar-refractivity contribution in [2.45, 2.75) is 19.4 Å². The average Bonchev–Trinajstić information content (AvgIpc) is 3.38. The molecule has 0 radical (unpaired) electrons. The number of hydrogen-bond acceptors (Lipinski definition) is 4. The summed E-state index contributed by atoms with van der Waals surface area (Å²) in [6.07, 6.45) is 1.90. The molecule has 1 unspecified atom stereocenters. The van der Waals surface area contributed by atoms with E-state index >= 15 is 0 Å². The molecule has 2 heterocycles. The number of hydrogen-bond donors (Lipinski definition) is 2. The molecule has 0 aliphatic carbocycles. The Morgan fingerprint density at radius 1 is 1.13 bits per heavy atom. The Balaban J connectivity index is 1.76. The first-order valence-corrected chi connectivity index (χ1v) is 10.2. The van der Waals surface area contributed by atoms with Crippen molar-refractivity contribution in [3.63, 3.8) is 0 Å². The molecule has 0 saturated heterocycles. The van der Waals surface area contributed by atoms with Gasteiger partial charge in [-0.3, -0.25) is 0 Å². The van der Waals surface area contributed by atoms with E-state index in [1.165, 1.54) is 0 Å². The van der Waals surface area contributed by atoms with Crippen molar-refractivity contribution in [2.75, 3.05) is 6.61 Å². The van der Waals surface area contributed by atoms with Crippen molar-refractivity contribution in [2.24, 2.45) is 0 Å². The molecule has 0 spiro atoms. The van der Waals surface area contributed by atoms with Crippen molar-refractivity contribution in [1.29, 1.82) is 0 Å². The summed E-state index contributed by atoms with van der Waals surface area (Å²) >= 11 is 0. The van der Waals surface area contributed by atoms with Crippen LogP contribution in [-0.4, -0.2) is 22.6 Å². The van der Waals surface area contributed by atoms with Crippen molar-refractivity contribution < 1.29 is 19.4 Å². The third-order valence-electron chi connectivity index (χ3n) is 5.65. The number of aromatic hydroxyl groups is 1. The highest BCUT2D eigenvalue weighted by molar-refractivity contribution is 5.83. The van der Waals surface area contributed by atoms with Gasteiger partial charge in [-0.05, 0) is 18.6 Å². The number of carbonyl (C=O) groups excluding carboxylic acids is 1. The highest BCUT2D eigenvalue weighted by atomic mass is 16.5. The molecule has 31 heavy (non-hydrogen) atoms. The number of phenols is 1. The predicted octanol–water partition coefficient (Wildman–Crippen LogP) is 3.25. The van der Waals surface area contributed by atoms with Crippen LogP contribution in [0.15, 0.2) is 66.9 Å². The summed E-state index contributed by atoms with van der Waals surface area (Å²) in [4.78, 5) is 14.8. The first-order chi connectivity index (χ1) is 15.2.